The molecule has 188 valence electrons. The molecule has 1 heterocycles. The van der Waals surface area contributed by atoms with Gasteiger partial charge in [0.2, 0.25) is 10.0 Å². The van der Waals surface area contributed by atoms with E-state index in [9.17, 15) is 23.2 Å². The zero-order valence-corrected chi connectivity index (χ0v) is 21.9. The summed E-state index contributed by atoms with van der Waals surface area (Å²) in [4.78, 5) is 25.0. The largest absolute Gasteiger partial charge is 0.481 e. The number of benzene rings is 1. The Morgan fingerprint density at radius 3 is 2.41 bits per heavy atom. The van der Waals surface area contributed by atoms with Crippen molar-refractivity contribution in [3.63, 3.8) is 0 Å². The molecule has 0 unspecified atom stereocenters. The van der Waals surface area contributed by atoms with Crippen molar-refractivity contribution in [2.45, 2.75) is 74.5 Å². The number of hydrogen-bond donors (Lipinski definition) is 2. The smallest absolute Gasteiger partial charge is 0.307 e. The van der Waals surface area contributed by atoms with Gasteiger partial charge < -0.3 is 9.47 Å². The van der Waals surface area contributed by atoms with Gasteiger partial charge in [-0.05, 0) is 65.8 Å². The molecule has 34 heavy (non-hydrogen) atoms. The van der Waals surface area contributed by atoms with Crippen LogP contribution in [0.5, 0.6) is 5.75 Å². The highest BCUT2D eigenvalue weighted by Crippen LogP contribution is 2.43. The third-order valence-electron chi connectivity index (χ3n) is 4.89. The third kappa shape index (κ3) is 7.12. The van der Waals surface area contributed by atoms with Gasteiger partial charge in [0.05, 0.1) is 11.3 Å². The molecule has 0 aromatic heterocycles. The normalized spacial score (nSPS) is 20.6. The molecule has 0 radical (unpaired) electrons. The lowest BCUT2D eigenvalue weighted by atomic mass is 10.0. The van der Waals surface area contributed by atoms with Crippen molar-refractivity contribution in [2.75, 3.05) is 13.2 Å². The molecule has 2 N–H and O–H groups in total. The van der Waals surface area contributed by atoms with Crippen LogP contribution >= 0.6 is 11.8 Å². The van der Waals surface area contributed by atoms with E-state index < -0.39 is 43.5 Å². The van der Waals surface area contributed by atoms with Gasteiger partial charge in [0.15, 0.2) is 0 Å². The van der Waals surface area contributed by atoms with Crippen molar-refractivity contribution in [3.8, 4) is 17.6 Å². The van der Waals surface area contributed by atoms with Crippen LogP contribution in [-0.4, -0.2) is 64.6 Å². The average molecular weight is 513 g/mol. The summed E-state index contributed by atoms with van der Waals surface area (Å²) >= 11 is 1.31. The molecule has 1 fully saturated rings. The number of thioether (sulfide) groups is 1. The highest BCUT2D eigenvalue weighted by atomic mass is 32.2. The van der Waals surface area contributed by atoms with Crippen LogP contribution in [-0.2, 0) is 24.3 Å². The van der Waals surface area contributed by atoms with Crippen LogP contribution < -0.4 is 10.2 Å². The van der Waals surface area contributed by atoms with E-state index in [1.165, 1.54) is 36.0 Å². The number of hydroxylamine groups is 1. The second-order valence-corrected chi connectivity index (χ2v) is 13.1. The third-order valence-corrected chi connectivity index (χ3v) is 8.22. The Kier molecular flexibility index (Phi) is 9.04. The number of nitrogens with one attached hydrogen (secondary N) is 1. The first kappa shape index (κ1) is 28.0. The number of carbonyl (C=O) groups excluding carboxylic acids is 2. The summed E-state index contributed by atoms with van der Waals surface area (Å²) in [6, 6.07) is 4.57. The molecule has 2 rings (SSSR count). The van der Waals surface area contributed by atoms with Crippen LogP contribution in [0, 0.1) is 11.8 Å². The van der Waals surface area contributed by atoms with Crippen LogP contribution in [0.15, 0.2) is 29.2 Å². The predicted octanol–water partition coefficient (Wildman–Crippen LogP) is 2.58. The molecule has 1 saturated heterocycles. The number of ether oxygens (including phenoxy) is 2. The van der Waals surface area contributed by atoms with E-state index in [2.05, 4.69) is 11.8 Å². The van der Waals surface area contributed by atoms with Gasteiger partial charge in [-0.1, -0.05) is 5.92 Å². The number of hydrogen-bond acceptors (Lipinski definition) is 8. The van der Waals surface area contributed by atoms with Crippen molar-refractivity contribution >= 4 is 33.7 Å². The van der Waals surface area contributed by atoms with E-state index >= 15 is 0 Å². The van der Waals surface area contributed by atoms with Gasteiger partial charge in [-0.15, -0.1) is 17.7 Å². The Bertz CT molecular complexity index is 1050. The minimum Gasteiger partial charge on any atom is -0.481 e. The molecule has 9 nitrogen and oxygen atoms in total. The molecule has 11 heteroatoms. The first-order chi connectivity index (χ1) is 15.7. The summed E-state index contributed by atoms with van der Waals surface area (Å²) in [7, 11) is -4.17. The minimum atomic E-state index is -4.17. The fourth-order valence-electron chi connectivity index (χ4n) is 3.64. The molecule has 1 aromatic rings. The van der Waals surface area contributed by atoms with Gasteiger partial charge in [0.25, 0.3) is 5.91 Å². The fourth-order valence-corrected chi connectivity index (χ4v) is 7.24. The van der Waals surface area contributed by atoms with Gasteiger partial charge in [-0.25, -0.2) is 13.9 Å². The highest BCUT2D eigenvalue weighted by molar-refractivity contribution is 8.01. The molecule has 1 aliphatic heterocycles. The van der Waals surface area contributed by atoms with E-state index in [1.54, 1.807) is 47.0 Å². The summed E-state index contributed by atoms with van der Waals surface area (Å²) in [5, 5.41) is 8.86. The standard InChI is InChI=1S/C23H32N2O7S2/c1-7-8-13-31-16-9-11-18(12-10-16)34(29,30)25-15-17(14-19(26)32-22(2,3)4)33-23(5,6)20(25)21(27)24-28/h9-12,17,20,28H,13-15H2,1-6H3,(H,24,27)/t17-,20-/m0/s1. The van der Waals surface area contributed by atoms with Gasteiger partial charge in [0.1, 0.15) is 24.0 Å². The minimum absolute atomic E-state index is 0.0317. The zero-order valence-electron chi connectivity index (χ0n) is 20.2. The van der Waals surface area contributed by atoms with Crippen LogP contribution in [0.2, 0.25) is 0 Å². The van der Waals surface area contributed by atoms with Crippen molar-refractivity contribution < 1.29 is 32.7 Å². The van der Waals surface area contributed by atoms with Crippen molar-refractivity contribution in [3.05, 3.63) is 24.3 Å². The first-order valence-electron chi connectivity index (χ1n) is 10.7. The molecule has 1 aliphatic rings. The monoisotopic (exact) mass is 512 g/mol. The van der Waals surface area contributed by atoms with Gasteiger partial charge >= 0.3 is 5.97 Å². The molecule has 1 amide bonds. The average Bonchev–Trinajstić information content (AvgIpc) is 2.71. The Balaban J connectivity index is 2.38. The van der Waals surface area contributed by atoms with E-state index in [-0.39, 0.29) is 24.5 Å². The molecule has 0 spiro atoms. The molecular weight excluding hydrogens is 480 g/mol. The van der Waals surface area contributed by atoms with E-state index in [1.807, 2.05) is 0 Å². The number of carbonyl (C=O) groups is 2. The first-order valence-corrected chi connectivity index (χ1v) is 13.0. The number of esters is 1. The Morgan fingerprint density at radius 1 is 1.26 bits per heavy atom. The van der Waals surface area contributed by atoms with Crippen LogP contribution in [0.3, 0.4) is 0 Å². The molecule has 0 aliphatic carbocycles. The molecule has 2 atom stereocenters. The maximum absolute atomic E-state index is 13.6. The summed E-state index contributed by atoms with van der Waals surface area (Å²) in [6.45, 7) is 10.4. The van der Waals surface area contributed by atoms with Crippen molar-refractivity contribution in [2.24, 2.45) is 0 Å². The van der Waals surface area contributed by atoms with E-state index in [0.29, 0.717) is 5.75 Å². The lowest BCUT2D eigenvalue weighted by Crippen LogP contribution is -2.63. The van der Waals surface area contributed by atoms with Gasteiger partial charge in [0, 0.05) is 16.5 Å². The van der Waals surface area contributed by atoms with Crippen LogP contribution in [0.25, 0.3) is 0 Å². The molecule has 0 bridgehead atoms. The van der Waals surface area contributed by atoms with Gasteiger partial charge in [-0.2, -0.15) is 4.31 Å². The van der Waals surface area contributed by atoms with E-state index in [0.717, 1.165) is 4.31 Å². The predicted molar refractivity (Wildman–Crippen MR) is 129 cm³/mol. The van der Waals surface area contributed by atoms with Crippen LogP contribution in [0.4, 0.5) is 0 Å². The number of rotatable bonds is 7. The highest BCUT2D eigenvalue weighted by Gasteiger charge is 2.51. The SMILES string of the molecule is CC#CCOc1ccc(S(=O)(=O)N2C[C@H](CC(=O)OC(C)(C)C)SC(C)(C)[C@@H]2C(=O)NO)cc1. The summed E-state index contributed by atoms with van der Waals surface area (Å²) in [5.74, 6) is 4.60. The lowest BCUT2D eigenvalue weighted by Gasteiger charge is -2.46. The Morgan fingerprint density at radius 2 is 1.88 bits per heavy atom. The quantitative estimate of drug-likeness (QED) is 0.247. The summed E-state index contributed by atoms with van der Waals surface area (Å²) < 4.78 is 38.2. The number of amides is 1. The maximum Gasteiger partial charge on any atom is 0.307 e. The van der Waals surface area contributed by atoms with Gasteiger partial charge in [-0.3, -0.25) is 14.8 Å². The summed E-state index contributed by atoms with van der Waals surface area (Å²) in [6.07, 6.45) is -0.0317. The lowest BCUT2D eigenvalue weighted by molar-refractivity contribution is -0.154. The second-order valence-electron chi connectivity index (χ2n) is 9.27. The molecule has 1 aromatic carbocycles. The van der Waals surface area contributed by atoms with Crippen LogP contribution in [0.1, 0.15) is 48.0 Å². The van der Waals surface area contributed by atoms with Crippen molar-refractivity contribution in [1.82, 2.24) is 9.79 Å². The molecule has 0 saturated carbocycles. The number of nitrogens with zero attached hydrogens (tertiary/aromatic N) is 1. The maximum atomic E-state index is 13.6. The second kappa shape index (κ2) is 11.0. The topological polar surface area (TPSA) is 122 Å². The molecular formula is C23H32N2O7S2. The van der Waals surface area contributed by atoms with Crippen molar-refractivity contribution in [1.29, 1.82) is 0 Å². The summed E-state index contributed by atoms with van der Waals surface area (Å²) in [5.41, 5.74) is 0.908. The Hall–Kier alpha value is -2.26. The Labute approximate surface area is 205 Å². The zero-order chi connectivity index (χ0) is 25.7. The number of sulfonamides is 1. The van der Waals surface area contributed by atoms with E-state index in [4.69, 9.17) is 9.47 Å². The fraction of sp³-hybridized carbons (Fsp3) is 0.565.